The number of hydrogen-bond acceptors (Lipinski definition) is 11. The lowest BCUT2D eigenvalue weighted by molar-refractivity contribution is -0.186. The average Bonchev–Trinajstić information content (AvgIpc) is 3.24. The van der Waals surface area contributed by atoms with E-state index in [0.717, 1.165) is 22.3 Å². The lowest BCUT2D eigenvalue weighted by atomic mass is 9.73. The molecule has 1 aliphatic heterocycles. The minimum absolute atomic E-state index is 0.0206. The van der Waals surface area contributed by atoms with E-state index in [-0.39, 0.29) is 24.8 Å². The summed E-state index contributed by atoms with van der Waals surface area (Å²) in [5, 5.41) is 55.2. The summed E-state index contributed by atoms with van der Waals surface area (Å²) in [7, 11) is 0. The number of aliphatic hydroxyl groups excluding tert-OH is 1. The molecule has 1 aliphatic rings. The number of aromatic nitrogens is 1. The summed E-state index contributed by atoms with van der Waals surface area (Å²) in [6.07, 6.45) is 4.07. The van der Waals surface area contributed by atoms with Crippen molar-refractivity contribution in [2.24, 2.45) is 0 Å². The zero-order valence-electron chi connectivity index (χ0n) is 33.7. The van der Waals surface area contributed by atoms with Crippen LogP contribution in [0.2, 0.25) is 15.1 Å². The molecular formula is C46H47Cl3N4O8. The summed E-state index contributed by atoms with van der Waals surface area (Å²) in [6.45, 7) is 5.20. The Morgan fingerprint density at radius 2 is 1.67 bits per heavy atom. The van der Waals surface area contributed by atoms with E-state index < -0.39 is 29.8 Å². The monoisotopic (exact) mass is 888 g/mol. The van der Waals surface area contributed by atoms with E-state index in [9.17, 15) is 30.5 Å². The topological polar surface area (TPSA) is 178 Å². The maximum absolute atomic E-state index is 11.5. The lowest BCUT2D eigenvalue weighted by Gasteiger charge is -2.49. The van der Waals surface area contributed by atoms with Gasteiger partial charge < -0.3 is 39.5 Å². The Morgan fingerprint density at radius 3 is 2.39 bits per heavy atom. The van der Waals surface area contributed by atoms with Crippen LogP contribution in [0.5, 0.6) is 17.2 Å². The first-order chi connectivity index (χ1) is 29.2. The van der Waals surface area contributed by atoms with E-state index in [4.69, 9.17) is 49.0 Å². The van der Waals surface area contributed by atoms with Crippen molar-refractivity contribution < 1.29 is 39.4 Å². The number of piperidine rings is 1. The molecule has 6 rings (SSSR count). The molecule has 4 aromatic carbocycles. The summed E-state index contributed by atoms with van der Waals surface area (Å²) in [5.41, 5.74) is 2.91. The van der Waals surface area contributed by atoms with Gasteiger partial charge in [-0.15, -0.1) is 0 Å². The highest BCUT2D eigenvalue weighted by Gasteiger charge is 2.50. The highest BCUT2D eigenvalue weighted by atomic mass is 35.5. The van der Waals surface area contributed by atoms with E-state index in [2.05, 4.69) is 21.3 Å². The molecular weight excluding hydrogens is 843 g/mol. The minimum atomic E-state index is -1.39. The molecule has 0 amide bonds. The van der Waals surface area contributed by atoms with Gasteiger partial charge in [0.05, 0.1) is 28.8 Å². The second-order valence-corrected chi connectivity index (χ2v) is 16.4. The van der Waals surface area contributed by atoms with Crippen molar-refractivity contribution in [1.82, 2.24) is 15.2 Å². The number of likely N-dealkylation sites (tertiary alicyclic amines) is 1. The summed E-state index contributed by atoms with van der Waals surface area (Å²) >= 11 is 19.7. The normalized spacial score (nSPS) is 18.3. The Labute approximate surface area is 369 Å². The maximum atomic E-state index is 11.5. The predicted octanol–water partition coefficient (Wildman–Crippen LogP) is 7.70. The summed E-state index contributed by atoms with van der Waals surface area (Å²) in [5.74, 6) is 0.0152. The van der Waals surface area contributed by atoms with Crippen molar-refractivity contribution in [2.45, 2.75) is 63.7 Å². The number of aliphatic hydroxyl groups is 3. The number of nitrogens with zero attached hydrogens (tertiary/aromatic N) is 3. The van der Waals surface area contributed by atoms with E-state index in [1.54, 1.807) is 55.6 Å². The molecule has 12 nitrogen and oxygen atoms in total. The number of benzene rings is 4. The summed E-state index contributed by atoms with van der Waals surface area (Å²) < 4.78 is 18.6. The second kappa shape index (κ2) is 20.3. The van der Waals surface area contributed by atoms with E-state index in [0.29, 0.717) is 88.6 Å². The Hall–Kier alpha value is -4.94. The first-order valence-electron chi connectivity index (χ1n) is 19.7. The number of nitrogens with one attached hydrogen (secondary N) is 1. The van der Waals surface area contributed by atoms with Crippen LogP contribution in [-0.4, -0.2) is 80.8 Å². The highest BCUT2D eigenvalue weighted by Crippen LogP contribution is 2.41. The molecule has 0 radical (unpaired) electrons. The van der Waals surface area contributed by atoms with Gasteiger partial charge in [-0.1, -0.05) is 77.3 Å². The summed E-state index contributed by atoms with van der Waals surface area (Å²) in [4.78, 5) is 17.7. The van der Waals surface area contributed by atoms with Gasteiger partial charge >= 0.3 is 5.97 Å². The van der Waals surface area contributed by atoms with Crippen LogP contribution in [0, 0.1) is 18.3 Å². The molecule has 5 aromatic rings. The van der Waals surface area contributed by atoms with Gasteiger partial charge in [0.1, 0.15) is 53.8 Å². The molecule has 15 heteroatoms. The van der Waals surface area contributed by atoms with Gasteiger partial charge in [-0.25, -0.2) is 0 Å². The number of rotatable bonds is 18. The third-order valence-electron chi connectivity index (χ3n) is 10.9. The number of carboxylic acid groups (broad SMARTS) is 1. The molecule has 5 N–H and O–H groups in total. The lowest BCUT2D eigenvalue weighted by Crippen LogP contribution is -2.61. The number of β-amino-alcohol motifs (C(OH)–C–C–N with tert-alkyl or cyclic N) is 1. The average molecular weight is 890 g/mol. The highest BCUT2D eigenvalue weighted by molar-refractivity contribution is 6.35. The van der Waals surface area contributed by atoms with Gasteiger partial charge in [0.25, 0.3) is 0 Å². The first-order valence-corrected chi connectivity index (χ1v) is 20.8. The molecule has 0 spiro atoms. The molecule has 0 bridgehead atoms. The Balaban J connectivity index is 1.10. The van der Waals surface area contributed by atoms with Crippen molar-refractivity contribution in [1.29, 1.82) is 5.26 Å². The first kappa shape index (κ1) is 45.6. The number of hydrogen-bond donors (Lipinski definition) is 5. The number of halogens is 3. The van der Waals surface area contributed by atoms with Crippen molar-refractivity contribution in [3.63, 3.8) is 0 Å². The van der Waals surface area contributed by atoms with Crippen molar-refractivity contribution in [2.75, 3.05) is 32.8 Å². The molecule has 320 valence electrons. The van der Waals surface area contributed by atoms with Gasteiger partial charge in [-0.3, -0.25) is 15.1 Å². The van der Waals surface area contributed by atoms with Crippen LogP contribution in [0.3, 0.4) is 0 Å². The van der Waals surface area contributed by atoms with Crippen LogP contribution in [0.15, 0.2) is 91.3 Å². The maximum Gasteiger partial charge on any atom is 0.323 e. The number of carbonyl (C=O) groups is 1. The van der Waals surface area contributed by atoms with Crippen LogP contribution in [0.1, 0.15) is 53.1 Å². The molecule has 0 aliphatic carbocycles. The van der Waals surface area contributed by atoms with Crippen molar-refractivity contribution >= 4 is 40.8 Å². The fraction of sp³-hybridized carbons (Fsp3) is 0.326. The van der Waals surface area contributed by atoms with Gasteiger partial charge in [0.2, 0.25) is 0 Å². The Bertz CT molecular complexity index is 2380. The number of nitriles is 1. The van der Waals surface area contributed by atoms with Gasteiger partial charge in [-0.2, -0.15) is 5.26 Å². The molecule has 61 heavy (non-hydrogen) atoms. The van der Waals surface area contributed by atoms with Gasteiger partial charge in [-0.05, 0) is 79.3 Å². The number of aliphatic carboxylic acids is 1. The third kappa shape index (κ3) is 10.9. The molecule has 1 saturated heterocycles. The van der Waals surface area contributed by atoms with E-state index in [1.807, 2.05) is 43.3 Å². The molecule has 0 unspecified atom stereocenters. The molecule has 1 fully saturated rings. The van der Waals surface area contributed by atoms with Crippen molar-refractivity contribution in [3.05, 3.63) is 140 Å². The number of ether oxygens (including phenoxy) is 3. The van der Waals surface area contributed by atoms with Gasteiger partial charge in [0, 0.05) is 66.4 Å². The standard InChI is InChI=1S/C46H47Cl3N4O8/c1-29-32(27-61-42-20-41(60-26-31-18-30(21-50)22-51-23-31)33(19-38(42)48)24-52-39(25-54)44(55)56)6-3-7-36(29)37-8-4-9-40(43(37)49)59-17-5-15-53-16-14-46(58,45(2,57)28-53)34-10-12-35(47)13-11-34/h3-4,6-13,18-20,22-23,39,52,54,57-58H,5,14-17,24-28H2,1-2H3,(H,55,56)/t39-,45-,46-/m1/s1. The van der Waals surface area contributed by atoms with Crippen LogP contribution < -0.4 is 19.5 Å². The van der Waals surface area contributed by atoms with Crippen LogP contribution in [0.4, 0.5) is 0 Å². The van der Waals surface area contributed by atoms with Crippen LogP contribution in [-0.2, 0) is 30.2 Å². The second-order valence-electron chi connectivity index (χ2n) is 15.2. The Morgan fingerprint density at radius 1 is 0.934 bits per heavy atom. The minimum Gasteiger partial charge on any atom is -0.492 e. The molecule has 2 heterocycles. The zero-order valence-corrected chi connectivity index (χ0v) is 36.0. The SMILES string of the molecule is Cc1c(COc2cc(OCc3cncc(C#N)c3)c(CN[C@H](CO)C(=O)O)cc2Cl)cccc1-c1cccc(OCCCN2CC[C@@](O)(c3ccc(Cl)cc3)[C@](C)(O)C2)c1Cl. The fourth-order valence-electron chi connectivity index (χ4n) is 7.40. The number of pyridine rings is 1. The van der Waals surface area contributed by atoms with Crippen LogP contribution in [0.25, 0.3) is 11.1 Å². The predicted molar refractivity (Wildman–Crippen MR) is 233 cm³/mol. The molecule has 0 saturated carbocycles. The van der Waals surface area contributed by atoms with Gasteiger partial charge in [0.15, 0.2) is 0 Å². The van der Waals surface area contributed by atoms with Crippen molar-refractivity contribution in [3.8, 4) is 34.4 Å². The van der Waals surface area contributed by atoms with E-state index >= 15 is 0 Å². The zero-order chi connectivity index (χ0) is 43.7. The smallest absolute Gasteiger partial charge is 0.323 e. The van der Waals surface area contributed by atoms with Crippen LogP contribution >= 0.6 is 34.8 Å². The quantitative estimate of drug-likeness (QED) is 0.0543. The van der Waals surface area contributed by atoms with E-state index in [1.165, 1.54) is 6.20 Å². The largest absolute Gasteiger partial charge is 0.492 e. The molecule has 3 atom stereocenters. The fourth-order valence-corrected chi connectivity index (χ4v) is 8.05. The molecule has 1 aromatic heterocycles. The third-order valence-corrected chi connectivity index (χ3v) is 11.9. The number of carboxylic acids is 1. The Kier molecular flexibility index (Phi) is 15.2. The summed E-state index contributed by atoms with van der Waals surface area (Å²) in [6, 6.07) is 24.2.